The normalized spacial score (nSPS) is 11.4. The summed E-state index contributed by atoms with van der Waals surface area (Å²) >= 11 is 0. The molecule has 0 spiro atoms. The molecule has 0 saturated carbocycles. The van der Waals surface area contributed by atoms with E-state index >= 15 is 0 Å². The highest BCUT2D eigenvalue weighted by Crippen LogP contribution is 2.03. The molecule has 0 aromatic carbocycles. The van der Waals surface area contributed by atoms with Gasteiger partial charge in [-0.2, -0.15) is 0 Å². The van der Waals surface area contributed by atoms with E-state index in [0.717, 1.165) is 0 Å². The zero-order valence-electron chi connectivity index (χ0n) is 15.0. The van der Waals surface area contributed by atoms with Gasteiger partial charge in [0.1, 0.15) is 0 Å². The maximum Gasteiger partial charge on any atom is 0.0757 e. The van der Waals surface area contributed by atoms with Crippen LogP contribution in [0.1, 0.15) is 55.4 Å². The third-order valence-electron chi connectivity index (χ3n) is 5.37. The van der Waals surface area contributed by atoms with Crippen molar-refractivity contribution in [3.63, 3.8) is 0 Å². The van der Waals surface area contributed by atoms with Crippen LogP contribution in [0.3, 0.4) is 0 Å². The van der Waals surface area contributed by atoms with E-state index in [9.17, 15) is 0 Å². The van der Waals surface area contributed by atoms with E-state index in [1.165, 1.54) is 61.3 Å². The first-order valence-electron chi connectivity index (χ1n) is 8.19. The van der Waals surface area contributed by atoms with E-state index < -0.39 is 0 Å². The second-order valence-electron chi connectivity index (χ2n) is 5.21. The van der Waals surface area contributed by atoms with Crippen LogP contribution in [0.2, 0.25) is 0 Å². The number of hydrogen-bond acceptors (Lipinski definition) is 0. The Morgan fingerprint density at radius 1 is 0.368 bits per heavy atom. The van der Waals surface area contributed by atoms with Gasteiger partial charge in [0.25, 0.3) is 0 Å². The topological polar surface area (TPSA) is 0 Å². The summed E-state index contributed by atoms with van der Waals surface area (Å²) in [7, 11) is 0. The number of nitrogens with zero attached hydrogens (tertiary/aromatic N) is 2. The van der Waals surface area contributed by atoms with Crippen LogP contribution in [0.4, 0.5) is 0 Å². The summed E-state index contributed by atoms with van der Waals surface area (Å²) < 4.78 is 2.56. The summed E-state index contributed by atoms with van der Waals surface area (Å²) in [5.74, 6) is 0. The molecular formula is C16H40N2S. The van der Waals surface area contributed by atoms with Gasteiger partial charge >= 0.3 is 0 Å². The Labute approximate surface area is 130 Å². The first-order chi connectivity index (χ1) is 8.49. The van der Waals surface area contributed by atoms with E-state index in [4.69, 9.17) is 0 Å². The number of hydrogen-bond donors (Lipinski definition) is 0. The van der Waals surface area contributed by atoms with Crippen LogP contribution in [0.15, 0.2) is 0 Å². The lowest BCUT2D eigenvalue weighted by atomic mass is 10.3. The molecule has 0 rings (SSSR count). The zero-order valence-corrected chi connectivity index (χ0v) is 15.8. The highest BCUT2D eigenvalue weighted by Gasteiger charge is 2.16. The maximum atomic E-state index is 2.27. The minimum absolute atomic E-state index is 0. The fraction of sp³-hybridized carbons (Fsp3) is 1.00. The molecule has 0 amide bonds. The summed E-state index contributed by atoms with van der Waals surface area (Å²) in [6.45, 7) is 28.4. The van der Waals surface area contributed by atoms with Crippen molar-refractivity contribution in [3.8, 4) is 0 Å². The van der Waals surface area contributed by atoms with Crippen LogP contribution >= 0.6 is 0 Å². The van der Waals surface area contributed by atoms with Gasteiger partial charge in [0.15, 0.2) is 0 Å². The Kier molecular flexibility index (Phi) is 17.0. The Morgan fingerprint density at radius 3 is 0.474 bits per heavy atom. The zero-order chi connectivity index (χ0) is 14.7. The summed E-state index contributed by atoms with van der Waals surface area (Å²) in [6.07, 6.45) is 0. The molecule has 0 N–H and O–H groups in total. The molecule has 0 atom stereocenters. The van der Waals surface area contributed by atoms with Crippen LogP contribution in [0, 0.1) is 0 Å². The van der Waals surface area contributed by atoms with Crippen LogP contribution < -0.4 is 0 Å². The summed E-state index contributed by atoms with van der Waals surface area (Å²) in [5, 5.41) is 0. The van der Waals surface area contributed by atoms with Crippen molar-refractivity contribution < 1.29 is 8.97 Å². The smallest absolute Gasteiger partial charge is 0.0757 e. The maximum absolute atomic E-state index is 2.27. The van der Waals surface area contributed by atoms with Gasteiger partial charge in [0.05, 0.1) is 52.4 Å². The summed E-state index contributed by atoms with van der Waals surface area (Å²) in [6, 6.07) is 0. The van der Waals surface area contributed by atoms with Gasteiger partial charge in [0.2, 0.25) is 0 Å². The SMILES string of the molecule is CC[N+](CC)(CC)CC.CC[N+](CC)(CC)CC.[S-2]. The second-order valence-corrected chi connectivity index (χ2v) is 5.21. The largest absolute Gasteiger partial charge is 2.00 e. The highest BCUT2D eigenvalue weighted by atomic mass is 32.1. The van der Waals surface area contributed by atoms with Crippen LogP contribution in [-0.4, -0.2) is 61.3 Å². The lowest BCUT2D eigenvalue weighted by molar-refractivity contribution is -0.921. The van der Waals surface area contributed by atoms with Gasteiger partial charge < -0.3 is 22.5 Å². The van der Waals surface area contributed by atoms with Gasteiger partial charge in [-0.3, -0.25) is 0 Å². The molecule has 0 aliphatic heterocycles. The third-order valence-corrected chi connectivity index (χ3v) is 5.37. The van der Waals surface area contributed by atoms with Crippen molar-refractivity contribution in [2.24, 2.45) is 0 Å². The van der Waals surface area contributed by atoms with Crippen LogP contribution in [0.25, 0.3) is 0 Å². The van der Waals surface area contributed by atoms with Crippen LogP contribution in [-0.2, 0) is 13.5 Å². The van der Waals surface area contributed by atoms with E-state index in [1.807, 2.05) is 0 Å². The standard InChI is InChI=1S/2C8H20N.S/c2*1-5-9(6-2,7-3)8-4;/h2*5-8H2,1-4H3;/q2*+1;-2. The first-order valence-corrected chi connectivity index (χ1v) is 8.19. The van der Waals surface area contributed by atoms with Crippen molar-refractivity contribution in [1.82, 2.24) is 0 Å². The fourth-order valence-corrected chi connectivity index (χ4v) is 2.68. The van der Waals surface area contributed by atoms with E-state index in [2.05, 4.69) is 55.4 Å². The van der Waals surface area contributed by atoms with Crippen LogP contribution in [0.5, 0.6) is 0 Å². The lowest BCUT2D eigenvalue weighted by Gasteiger charge is -2.34. The average molecular weight is 293 g/mol. The molecule has 0 unspecified atom stereocenters. The molecule has 2 nitrogen and oxygen atoms in total. The molecule has 19 heavy (non-hydrogen) atoms. The Balaban J connectivity index is -0.000000256. The minimum atomic E-state index is 0. The number of quaternary nitrogens is 2. The Hall–Kier alpha value is 0.270. The van der Waals surface area contributed by atoms with E-state index in [0.29, 0.717) is 0 Å². The molecule has 3 heteroatoms. The van der Waals surface area contributed by atoms with Crippen molar-refractivity contribution in [3.05, 3.63) is 0 Å². The molecular weight excluding hydrogens is 252 g/mol. The molecule has 0 aliphatic rings. The lowest BCUT2D eigenvalue weighted by Crippen LogP contribution is -2.47. The Morgan fingerprint density at radius 2 is 0.474 bits per heavy atom. The molecule has 0 aliphatic carbocycles. The predicted octanol–water partition coefficient (Wildman–Crippen LogP) is 3.76. The minimum Gasteiger partial charge on any atom is -2.00 e. The molecule has 0 heterocycles. The monoisotopic (exact) mass is 292 g/mol. The third kappa shape index (κ3) is 8.21. The number of rotatable bonds is 8. The van der Waals surface area contributed by atoms with Crippen molar-refractivity contribution in [1.29, 1.82) is 0 Å². The Bertz CT molecular complexity index is 121. The van der Waals surface area contributed by atoms with Gasteiger partial charge in [0, 0.05) is 0 Å². The first kappa shape index (κ1) is 24.3. The molecule has 0 aromatic rings. The van der Waals surface area contributed by atoms with Crippen molar-refractivity contribution in [2.75, 3.05) is 52.4 Å². The quantitative estimate of drug-likeness (QED) is 0.598. The highest BCUT2D eigenvalue weighted by molar-refractivity contribution is 7.37. The van der Waals surface area contributed by atoms with E-state index in [-0.39, 0.29) is 13.5 Å². The molecule has 120 valence electrons. The molecule has 0 bridgehead atoms. The summed E-state index contributed by atoms with van der Waals surface area (Å²) in [5.41, 5.74) is 0. The predicted molar refractivity (Wildman–Crippen MR) is 92.2 cm³/mol. The fourth-order valence-electron chi connectivity index (χ4n) is 2.68. The van der Waals surface area contributed by atoms with Crippen molar-refractivity contribution >= 4 is 13.5 Å². The molecule has 0 saturated heterocycles. The van der Waals surface area contributed by atoms with Gasteiger partial charge in [-0.05, 0) is 55.4 Å². The molecule has 0 radical (unpaired) electrons. The second kappa shape index (κ2) is 13.3. The van der Waals surface area contributed by atoms with E-state index in [1.54, 1.807) is 0 Å². The van der Waals surface area contributed by atoms with Gasteiger partial charge in [-0.15, -0.1) is 0 Å². The average Bonchev–Trinajstić information content (AvgIpc) is 2.46. The molecule has 0 aromatic heterocycles. The molecule has 0 fully saturated rings. The summed E-state index contributed by atoms with van der Waals surface area (Å²) in [4.78, 5) is 0. The van der Waals surface area contributed by atoms with Gasteiger partial charge in [-0.25, -0.2) is 0 Å². The van der Waals surface area contributed by atoms with Gasteiger partial charge in [-0.1, -0.05) is 0 Å². The van der Waals surface area contributed by atoms with Crippen molar-refractivity contribution in [2.45, 2.75) is 55.4 Å².